The number of benzene rings is 2. The molecule has 0 heterocycles. The Morgan fingerprint density at radius 3 is 2.31 bits per heavy atom. The van der Waals surface area contributed by atoms with Gasteiger partial charge in [0.25, 0.3) is 0 Å². The van der Waals surface area contributed by atoms with Crippen LogP contribution in [0.1, 0.15) is 19.4 Å². The van der Waals surface area contributed by atoms with E-state index in [1.807, 2.05) is 0 Å². The minimum absolute atomic E-state index is 0.0742. The van der Waals surface area contributed by atoms with Crippen molar-refractivity contribution in [1.82, 2.24) is 0 Å². The summed E-state index contributed by atoms with van der Waals surface area (Å²) < 4.78 is 32.8. The minimum Gasteiger partial charge on any atom is -0.474 e. The van der Waals surface area contributed by atoms with Crippen molar-refractivity contribution in [3.8, 4) is 0 Å². The number of thioether (sulfide) groups is 1. The van der Waals surface area contributed by atoms with Crippen LogP contribution in [-0.4, -0.2) is 28.1 Å². The number of alkyl halides is 4. The Labute approximate surface area is 186 Å². The number of hydrogen-bond acceptors (Lipinski definition) is 3. The molecule has 156 valence electrons. The quantitative estimate of drug-likeness (QED) is 0.205. The van der Waals surface area contributed by atoms with Crippen LogP contribution < -0.4 is 5.32 Å². The number of hydrogen-bond donors (Lipinski definition) is 1. The first-order valence-electron chi connectivity index (χ1n) is 8.34. The first-order valence-corrected chi connectivity index (χ1v) is 10.4. The molecule has 0 fully saturated rings. The second-order valence-electron chi connectivity index (χ2n) is 5.98. The van der Waals surface area contributed by atoms with Crippen molar-refractivity contribution in [2.75, 3.05) is 5.32 Å². The smallest absolute Gasteiger partial charge is 0.348 e. The van der Waals surface area contributed by atoms with E-state index in [1.165, 1.54) is 24.3 Å². The van der Waals surface area contributed by atoms with Crippen molar-refractivity contribution in [2.24, 2.45) is 4.99 Å². The molecular weight excluding hydrogens is 465 g/mol. The second-order valence-corrected chi connectivity index (χ2v) is 8.71. The summed E-state index contributed by atoms with van der Waals surface area (Å²) >= 11 is 16.9. The highest BCUT2D eigenvalue weighted by Crippen LogP contribution is 2.42. The number of ether oxygens (including phenoxy) is 1. The molecule has 0 saturated carbocycles. The van der Waals surface area contributed by atoms with Gasteiger partial charge in [0, 0.05) is 10.6 Å². The normalized spacial score (nSPS) is 12.4. The molecule has 0 aliphatic heterocycles. The third-order valence-corrected chi connectivity index (χ3v) is 5.42. The average Bonchev–Trinajstić information content (AvgIpc) is 2.62. The van der Waals surface area contributed by atoms with Crippen molar-refractivity contribution in [1.29, 1.82) is 0 Å². The number of carbonyl (C=O) groups excluding carboxylic acids is 1. The maximum Gasteiger partial charge on any atom is 0.348 e. The van der Waals surface area contributed by atoms with Gasteiger partial charge in [-0.05, 0) is 62.0 Å². The van der Waals surface area contributed by atoms with Crippen molar-refractivity contribution < 1.29 is 18.3 Å². The standard InChI is InChI=1S/C19H17Cl3F2N2O2S/c1-11(2)28-16(14-5-3-4-6-15(14)20)26-18(27)25-12-7-9-13(10-8-12)29-19(23,24)17(21)22/h3-11,17H,1-2H3,(H,25,27)/b26-16-. The zero-order valence-corrected chi connectivity index (χ0v) is 18.4. The van der Waals surface area contributed by atoms with Crippen LogP contribution in [-0.2, 0) is 4.74 Å². The minimum atomic E-state index is -3.34. The summed E-state index contributed by atoms with van der Waals surface area (Å²) in [5, 5.41) is -0.400. The number of anilines is 1. The molecule has 4 nitrogen and oxygen atoms in total. The Balaban J connectivity index is 2.14. The molecule has 1 N–H and O–H groups in total. The first-order chi connectivity index (χ1) is 13.6. The molecule has 29 heavy (non-hydrogen) atoms. The average molecular weight is 482 g/mol. The van der Waals surface area contributed by atoms with E-state index < -0.39 is 16.1 Å². The van der Waals surface area contributed by atoms with Gasteiger partial charge in [0.2, 0.25) is 5.90 Å². The summed E-state index contributed by atoms with van der Waals surface area (Å²) in [5.74, 6) is 0.0742. The van der Waals surface area contributed by atoms with Crippen LogP contribution in [0.3, 0.4) is 0 Å². The van der Waals surface area contributed by atoms with Crippen molar-refractivity contribution in [3.63, 3.8) is 0 Å². The maximum atomic E-state index is 13.6. The molecule has 0 aromatic heterocycles. The molecule has 0 aliphatic rings. The number of halogens is 5. The largest absolute Gasteiger partial charge is 0.474 e. The third kappa shape index (κ3) is 7.33. The summed E-state index contributed by atoms with van der Waals surface area (Å²) in [4.78, 5) is 14.7. The van der Waals surface area contributed by atoms with Crippen LogP contribution in [0, 0.1) is 0 Å². The molecule has 2 rings (SSSR count). The van der Waals surface area contributed by atoms with Crippen molar-refractivity contribution in [2.45, 2.75) is 34.9 Å². The number of carbonyl (C=O) groups is 1. The molecule has 0 aliphatic carbocycles. The second kappa shape index (κ2) is 10.5. The van der Waals surface area contributed by atoms with E-state index in [-0.39, 0.29) is 28.7 Å². The number of rotatable bonds is 6. The Morgan fingerprint density at radius 2 is 1.76 bits per heavy atom. The fraction of sp³-hybridized carbons (Fsp3) is 0.263. The van der Waals surface area contributed by atoms with E-state index in [0.717, 1.165) is 0 Å². The molecule has 2 amide bonds. The van der Waals surface area contributed by atoms with Crippen molar-refractivity contribution in [3.05, 3.63) is 59.1 Å². The summed E-state index contributed by atoms with van der Waals surface area (Å²) in [6.07, 6.45) is -0.233. The zero-order chi connectivity index (χ0) is 21.6. The SMILES string of the molecule is CC(C)O/C(=N\C(=O)Nc1ccc(SC(F)(F)C(Cl)Cl)cc1)c1ccccc1Cl. The Hall–Kier alpha value is -1.54. The van der Waals surface area contributed by atoms with Gasteiger partial charge in [0.15, 0.2) is 4.84 Å². The van der Waals surface area contributed by atoms with Gasteiger partial charge in [0.05, 0.1) is 16.7 Å². The van der Waals surface area contributed by atoms with Crippen LogP contribution in [0.15, 0.2) is 58.4 Å². The van der Waals surface area contributed by atoms with Gasteiger partial charge >= 0.3 is 11.3 Å². The predicted octanol–water partition coefficient (Wildman–Crippen LogP) is 7.23. The van der Waals surface area contributed by atoms with Crippen LogP contribution in [0.4, 0.5) is 19.3 Å². The lowest BCUT2D eigenvalue weighted by atomic mass is 10.2. The lowest BCUT2D eigenvalue weighted by molar-refractivity contribution is 0.122. The molecule has 0 radical (unpaired) electrons. The molecule has 0 spiro atoms. The van der Waals surface area contributed by atoms with Gasteiger partial charge in [-0.2, -0.15) is 13.8 Å². The lowest BCUT2D eigenvalue weighted by Crippen LogP contribution is -2.19. The van der Waals surface area contributed by atoms with Gasteiger partial charge in [-0.1, -0.05) is 46.9 Å². The molecule has 0 bridgehead atoms. The highest BCUT2D eigenvalue weighted by Gasteiger charge is 2.38. The topological polar surface area (TPSA) is 50.7 Å². The Kier molecular flexibility index (Phi) is 8.58. The zero-order valence-electron chi connectivity index (χ0n) is 15.3. The highest BCUT2D eigenvalue weighted by molar-refractivity contribution is 8.00. The van der Waals surface area contributed by atoms with Crippen LogP contribution >= 0.6 is 46.6 Å². The molecule has 0 unspecified atom stereocenters. The van der Waals surface area contributed by atoms with Gasteiger partial charge < -0.3 is 10.1 Å². The van der Waals surface area contributed by atoms with Gasteiger partial charge in [-0.3, -0.25) is 0 Å². The molecule has 2 aromatic carbocycles. The monoisotopic (exact) mass is 480 g/mol. The lowest BCUT2D eigenvalue weighted by Gasteiger charge is -2.16. The number of urea groups is 1. The van der Waals surface area contributed by atoms with E-state index in [2.05, 4.69) is 10.3 Å². The summed E-state index contributed by atoms with van der Waals surface area (Å²) in [5.41, 5.74) is 0.839. The van der Waals surface area contributed by atoms with E-state index in [4.69, 9.17) is 39.5 Å². The molecule has 2 aromatic rings. The highest BCUT2D eigenvalue weighted by atomic mass is 35.5. The van der Waals surface area contributed by atoms with Gasteiger partial charge in [-0.25, -0.2) is 4.79 Å². The molecule has 0 saturated heterocycles. The van der Waals surface area contributed by atoms with Gasteiger partial charge in [-0.15, -0.1) is 0 Å². The van der Waals surface area contributed by atoms with E-state index in [1.54, 1.807) is 38.1 Å². The van der Waals surface area contributed by atoms with E-state index in [0.29, 0.717) is 16.3 Å². The van der Waals surface area contributed by atoms with Crippen molar-refractivity contribution >= 4 is 64.2 Å². The number of aliphatic imine (C=N–C) groups is 1. The molecule has 10 heteroatoms. The fourth-order valence-electron chi connectivity index (χ4n) is 2.06. The molecular formula is C19H17Cl3F2N2O2S. The Bertz CT molecular complexity index is 878. The third-order valence-electron chi connectivity index (χ3n) is 3.27. The number of nitrogens with one attached hydrogen (secondary N) is 1. The first kappa shape index (κ1) is 23.7. The Morgan fingerprint density at radius 1 is 1.14 bits per heavy atom. The maximum absolute atomic E-state index is 13.6. The van der Waals surface area contributed by atoms with Crippen LogP contribution in [0.25, 0.3) is 0 Å². The fourth-order valence-corrected chi connectivity index (χ4v) is 3.22. The number of nitrogens with zero attached hydrogens (tertiary/aromatic N) is 1. The molecule has 0 atom stereocenters. The van der Waals surface area contributed by atoms with Crippen LogP contribution in [0.5, 0.6) is 0 Å². The van der Waals surface area contributed by atoms with Crippen LogP contribution in [0.2, 0.25) is 5.02 Å². The number of amides is 2. The summed E-state index contributed by atoms with van der Waals surface area (Å²) in [6, 6.07) is 11.9. The van der Waals surface area contributed by atoms with E-state index in [9.17, 15) is 13.6 Å². The van der Waals surface area contributed by atoms with E-state index >= 15 is 0 Å². The summed E-state index contributed by atoms with van der Waals surface area (Å²) in [6.45, 7) is 3.59. The summed E-state index contributed by atoms with van der Waals surface area (Å²) in [7, 11) is 0. The predicted molar refractivity (Wildman–Crippen MR) is 116 cm³/mol. The van der Waals surface area contributed by atoms with Gasteiger partial charge in [0.1, 0.15) is 0 Å².